The van der Waals surface area contributed by atoms with E-state index >= 15 is 0 Å². The van der Waals surface area contributed by atoms with Gasteiger partial charge in [-0.2, -0.15) is 4.31 Å². The maximum absolute atomic E-state index is 12.4. The summed E-state index contributed by atoms with van der Waals surface area (Å²) in [5, 5.41) is 0. The van der Waals surface area contributed by atoms with Crippen LogP contribution in [0, 0.1) is 6.92 Å². The van der Waals surface area contributed by atoms with Crippen LogP contribution in [0.15, 0.2) is 23.1 Å². The zero-order chi connectivity index (χ0) is 19.3. The molecule has 0 aliphatic carbocycles. The minimum Gasteiger partial charge on any atom is -0.496 e. The number of nitrogens with one attached hydrogen (secondary N) is 1. The molecule has 10 heteroatoms. The van der Waals surface area contributed by atoms with Crippen LogP contribution in [0.2, 0.25) is 0 Å². The van der Waals surface area contributed by atoms with Gasteiger partial charge in [-0.1, -0.05) is 0 Å². The van der Waals surface area contributed by atoms with E-state index in [1.165, 1.54) is 23.5 Å². The average Bonchev–Trinajstić information content (AvgIpc) is 2.48. The van der Waals surface area contributed by atoms with Gasteiger partial charge in [0.25, 0.3) is 0 Å². The van der Waals surface area contributed by atoms with Crippen molar-refractivity contribution in [3.05, 3.63) is 23.8 Å². The summed E-state index contributed by atoms with van der Waals surface area (Å²) < 4.78 is 57.1. The summed E-state index contributed by atoms with van der Waals surface area (Å²) in [5.41, 5.74) is 0.703. The van der Waals surface area contributed by atoms with Crippen molar-refractivity contribution in [3.8, 4) is 5.75 Å². The number of aryl methyl sites for hydroxylation is 1. The molecule has 1 aromatic rings. The van der Waals surface area contributed by atoms with Gasteiger partial charge < -0.3 is 9.64 Å². The van der Waals surface area contributed by atoms with E-state index in [1.54, 1.807) is 13.0 Å². The molecule has 0 saturated carbocycles. The number of benzene rings is 1. The van der Waals surface area contributed by atoms with Crippen molar-refractivity contribution in [1.82, 2.24) is 13.9 Å². The lowest BCUT2D eigenvalue weighted by molar-refractivity contribution is 0.336. The zero-order valence-electron chi connectivity index (χ0n) is 15.3. The molecule has 1 rings (SSSR count). The Morgan fingerprint density at radius 2 is 1.72 bits per heavy atom. The maximum Gasteiger partial charge on any atom is 0.240 e. The molecular formula is C15H27N3O5S2. The molecule has 0 spiro atoms. The summed E-state index contributed by atoms with van der Waals surface area (Å²) in [4.78, 5) is 1.98. The molecular weight excluding hydrogens is 366 g/mol. The van der Waals surface area contributed by atoms with E-state index in [9.17, 15) is 16.8 Å². The highest BCUT2D eigenvalue weighted by molar-refractivity contribution is 7.89. The summed E-state index contributed by atoms with van der Waals surface area (Å²) in [5.74, 6) is 0.603. The Labute approximate surface area is 150 Å². The fourth-order valence-corrected chi connectivity index (χ4v) is 4.10. The first-order valence-corrected chi connectivity index (χ1v) is 11.0. The molecule has 0 atom stereocenters. The van der Waals surface area contributed by atoms with Crippen molar-refractivity contribution in [3.63, 3.8) is 0 Å². The Hall–Kier alpha value is -1.20. The van der Waals surface area contributed by atoms with Crippen molar-refractivity contribution in [2.24, 2.45) is 0 Å². The molecule has 0 aliphatic rings. The molecule has 1 aromatic carbocycles. The third kappa shape index (κ3) is 6.90. The summed E-state index contributed by atoms with van der Waals surface area (Å²) in [6.07, 6.45) is 1.12. The molecule has 0 unspecified atom stereocenters. The molecule has 25 heavy (non-hydrogen) atoms. The number of ether oxygens (including phenoxy) is 1. The zero-order valence-corrected chi connectivity index (χ0v) is 16.9. The van der Waals surface area contributed by atoms with Gasteiger partial charge in [0.1, 0.15) is 5.75 Å². The number of likely N-dealkylation sites (N-methyl/N-ethyl adjacent to an activating group) is 1. The molecule has 0 bridgehead atoms. The Morgan fingerprint density at radius 1 is 1.08 bits per heavy atom. The molecule has 0 amide bonds. The highest BCUT2D eigenvalue weighted by atomic mass is 32.2. The quantitative estimate of drug-likeness (QED) is 0.606. The third-order valence-corrected chi connectivity index (χ3v) is 6.36. The van der Waals surface area contributed by atoms with Crippen LogP contribution in [0.5, 0.6) is 5.75 Å². The number of sulfonamides is 2. The number of rotatable bonds is 10. The van der Waals surface area contributed by atoms with Gasteiger partial charge in [0.05, 0.1) is 18.3 Å². The van der Waals surface area contributed by atoms with Gasteiger partial charge in [-0.05, 0) is 44.8 Å². The number of hydrogen-bond donors (Lipinski definition) is 1. The van der Waals surface area contributed by atoms with Crippen LogP contribution in [0.3, 0.4) is 0 Å². The van der Waals surface area contributed by atoms with Gasteiger partial charge in [-0.3, -0.25) is 0 Å². The van der Waals surface area contributed by atoms with Gasteiger partial charge in [0.15, 0.2) is 0 Å². The lowest BCUT2D eigenvalue weighted by Crippen LogP contribution is -2.41. The number of methoxy groups -OCH3 is 1. The fourth-order valence-electron chi connectivity index (χ4n) is 2.16. The highest BCUT2D eigenvalue weighted by Crippen LogP contribution is 2.21. The van der Waals surface area contributed by atoms with Gasteiger partial charge in [0, 0.05) is 26.2 Å². The summed E-state index contributed by atoms with van der Waals surface area (Å²) in [7, 11) is -1.92. The van der Waals surface area contributed by atoms with Crippen LogP contribution < -0.4 is 9.46 Å². The fraction of sp³-hybridized carbons (Fsp3) is 0.600. The molecule has 0 heterocycles. The third-order valence-electron chi connectivity index (χ3n) is 3.60. The molecule has 144 valence electrons. The lowest BCUT2D eigenvalue weighted by Gasteiger charge is -2.22. The van der Waals surface area contributed by atoms with Crippen molar-refractivity contribution in [2.75, 3.05) is 53.6 Å². The van der Waals surface area contributed by atoms with Gasteiger partial charge in [-0.25, -0.2) is 21.6 Å². The molecule has 1 N–H and O–H groups in total. The van der Waals surface area contributed by atoms with Crippen LogP contribution in [0.25, 0.3) is 0 Å². The van der Waals surface area contributed by atoms with Crippen LogP contribution in [0.1, 0.15) is 5.56 Å². The van der Waals surface area contributed by atoms with Crippen LogP contribution in [0.4, 0.5) is 0 Å². The Morgan fingerprint density at radius 3 is 2.20 bits per heavy atom. The molecule has 0 radical (unpaired) electrons. The number of nitrogens with zero attached hydrogens (tertiary/aromatic N) is 2. The van der Waals surface area contributed by atoms with Crippen molar-refractivity contribution in [2.45, 2.75) is 11.8 Å². The summed E-state index contributed by atoms with van der Waals surface area (Å²) in [6, 6.07) is 4.56. The Balaban J connectivity index is 2.75. The molecule has 0 saturated heterocycles. The summed E-state index contributed by atoms with van der Waals surface area (Å²) in [6.45, 7) is 2.67. The standard InChI is InChI=1S/C15H27N3O5S2/c1-13-12-14(6-7-15(13)23-4)25(21,22)16-8-9-18(24(5,19)20)11-10-17(2)3/h6-7,12,16H,8-11H2,1-5H3. The van der Waals surface area contributed by atoms with Crippen LogP contribution >= 0.6 is 0 Å². The average molecular weight is 394 g/mol. The minimum absolute atomic E-state index is 0.00604. The van der Waals surface area contributed by atoms with Crippen LogP contribution in [-0.4, -0.2) is 79.7 Å². The predicted octanol–water partition coefficient (Wildman–Crippen LogP) is 0.105. The number of hydrogen-bond acceptors (Lipinski definition) is 6. The van der Waals surface area contributed by atoms with Gasteiger partial charge in [-0.15, -0.1) is 0 Å². The highest BCUT2D eigenvalue weighted by Gasteiger charge is 2.19. The molecule has 0 fully saturated rings. The van der Waals surface area contributed by atoms with E-state index < -0.39 is 20.0 Å². The van der Waals surface area contributed by atoms with Gasteiger partial charge >= 0.3 is 0 Å². The van der Waals surface area contributed by atoms with Crippen molar-refractivity contribution < 1.29 is 21.6 Å². The Bertz CT molecular complexity index is 776. The normalized spacial score (nSPS) is 12.8. The first-order valence-electron chi connectivity index (χ1n) is 7.71. The predicted molar refractivity (Wildman–Crippen MR) is 97.9 cm³/mol. The lowest BCUT2D eigenvalue weighted by atomic mass is 10.2. The molecule has 0 aromatic heterocycles. The monoisotopic (exact) mass is 393 g/mol. The van der Waals surface area contributed by atoms with E-state index in [1.807, 2.05) is 19.0 Å². The first kappa shape index (κ1) is 21.8. The second kappa shape index (κ2) is 8.95. The minimum atomic E-state index is -3.72. The van der Waals surface area contributed by atoms with Crippen molar-refractivity contribution in [1.29, 1.82) is 0 Å². The van der Waals surface area contributed by atoms with Crippen LogP contribution in [-0.2, 0) is 20.0 Å². The second-order valence-corrected chi connectivity index (χ2v) is 9.74. The maximum atomic E-state index is 12.4. The summed E-state index contributed by atoms with van der Waals surface area (Å²) >= 11 is 0. The van der Waals surface area contributed by atoms with E-state index in [-0.39, 0.29) is 18.0 Å². The first-order chi connectivity index (χ1) is 11.5. The SMILES string of the molecule is COc1ccc(S(=O)(=O)NCCN(CCN(C)C)S(C)(=O)=O)cc1C. The largest absolute Gasteiger partial charge is 0.496 e. The van der Waals surface area contributed by atoms with E-state index in [4.69, 9.17) is 4.74 Å². The van der Waals surface area contributed by atoms with E-state index in [0.29, 0.717) is 24.4 Å². The van der Waals surface area contributed by atoms with Gasteiger partial charge in [0.2, 0.25) is 20.0 Å². The van der Waals surface area contributed by atoms with E-state index in [2.05, 4.69) is 4.72 Å². The van der Waals surface area contributed by atoms with Crippen molar-refractivity contribution >= 4 is 20.0 Å². The Kier molecular flexibility index (Phi) is 7.82. The topological polar surface area (TPSA) is 96.0 Å². The molecule has 0 aliphatic heterocycles. The molecule has 8 nitrogen and oxygen atoms in total. The smallest absolute Gasteiger partial charge is 0.240 e. The van der Waals surface area contributed by atoms with E-state index in [0.717, 1.165) is 6.26 Å². The second-order valence-electron chi connectivity index (χ2n) is 5.99.